The number of carboxylic acid groups (broad SMARTS) is 1. The first kappa shape index (κ1) is 11.1. The smallest absolute Gasteiger partial charge is 0.377 e. The van der Waals surface area contributed by atoms with Crippen LogP contribution in [0.2, 0.25) is 0 Å². The number of tetrazole rings is 1. The van der Waals surface area contributed by atoms with Crippen LogP contribution in [0.25, 0.3) is 5.69 Å². The summed E-state index contributed by atoms with van der Waals surface area (Å²) in [7, 11) is 0. The molecule has 0 aliphatic rings. The predicted octanol–water partition coefficient (Wildman–Crippen LogP) is 0.759. The molecule has 0 saturated heterocycles. The number of ether oxygens (including phenoxy) is 1. The maximum Gasteiger partial charge on any atom is 0.377 e. The summed E-state index contributed by atoms with van der Waals surface area (Å²) in [6.45, 7) is 2.48. The van der Waals surface area contributed by atoms with E-state index >= 15 is 0 Å². The molecule has 17 heavy (non-hydrogen) atoms. The van der Waals surface area contributed by atoms with Crippen LogP contribution in [0.3, 0.4) is 0 Å². The van der Waals surface area contributed by atoms with Crippen molar-refractivity contribution in [1.82, 2.24) is 20.2 Å². The third-order valence-electron chi connectivity index (χ3n) is 1.98. The number of rotatable bonds is 4. The van der Waals surface area contributed by atoms with E-state index in [1.54, 1.807) is 24.3 Å². The van der Waals surface area contributed by atoms with E-state index < -0.39 is 5.97 Å². The van der Waals surface area contributed by atoms with Crippen LogP contribution in [-0.4, -0.2) is 37.9 Å². The first-order valence-corrected chi connectivity index (χ1v) is 4.97. The van der Waals surface area contributed by atoms with E-state index in [1.165, 1.54) is 0 Å². The second kappa shape index (κ2) is 4.60. The van der Waals surface area contributed by atoms with Crippen molar-refractivity contribution < 1.29 is 14.6 Å². The van der Waals surface area contributed by atoms with Gasteiger partial charge in [0.05, 0.1) is 12.3 Å². The molecule has 0 saturated carbocycles. The van der Waals surface area contributed by atoms with Crippen LogP contribution in [0.15, 0.2) is 24.3 Å². The standard InChI is InChI=1S/C10H10N4O3/c1-2-17-8-5-3-7(4-6-8)14-12-9(10(15)16)11-13-14/h3-6H,2H2,1H3,(H,15,16). The highest BCUT2D eigenvalue weighted by atomic mass is 16.5. The Morgan fingerprint density at radius 3 is 2.65 bits per heavy atom. The summed E-state index contributed by atoms with van der Waals surface area (Å²) >= 11 is 0. The van der Waals surface area contributed by atoms with Crippen LogP contribution in [0.5, 0.6) is 5.75 Å². The number of benzene rings is 1. The molecule has 2 rings (SSSR count). The second-order valence-corrected chi connectivity index (χ2v) is 3.13. The Bertz CT molecular complexity index is 521. The number of carbonyl (C=O) groups is 1. The summed E-state index contributed by atoms with van der Waals surface area (Å²) in [6, 6.07) is 6.95. The van der Waals surface area contributed by atoms with E-state index in [-0.39, 0.29) is 5.82 Å². The van der Waals surface area contributed by atoms with Crippen molar-refractivity contribution in [2.75, 3.05) is 6.61 Å². The van der Waals surface area contributed by atoms with Gasteiger partial charge in [0, 0.05) is 0 Å². The zero-order chi connectivity index (χ0) is 12.3. The van der Waals surface area contributed by atoms with E-state index in [0.29, 0.717) is 12.3 Å². The van der Waals surface area contributed by atoms with Gasteiger partial charge in [-0.15, -0.1) is 15.0 Å². The molecular weight excluding hydrogens is 224 g/mol. The number of carboxylic acids is 1. The van der Waals surface area contributed by atoms with Crippen LogP contribution in [0.4, 0.5) is 0 Å². The van der Waals surface area contributed by atoms with Gasteiger partial charge in [-0.25, -0.2) is 4.79 Å². The Kier molecular flexibility index (Phi) is 2.99. The van der Waals surface area contributed by atoms with Gasteiger partial charge in [0.1, 0.15) is 5.75 Å². The van der Waals surface area contributed by atoms with Crippen molar-refractivity contribution >= 4 is 5.97 Å². The normalized spacial score (nSPS) is 10.2. The lowest BCUT2D eigenvalue weighted by atomic mass is 10.3. The topological polar surface area (TPSA) is 90.1 Å². The lowest BCUT2D eigenvalue weighted by Gasteiger charge is -2.03. The summed E-state index contributed by atoms with van der Waals surface area (Å²) in [5, 5.41) is 19.4. The van der Waals surface area contributed by atoms with Crippen LogP contribution in [0.1, 0.15) is 17.5 Å². The minimum absolute atomic E-state index is 0.334. The monoisotopic (exact) mass is 234 g/mol. The number of nitrogens with zero attached hydrogens (tertiary/aromatic N) is 4. The molecule has 88 valence electrons. The zero-order valence-electron chi connectivity index (χ0n) is 9.07. The molecule has 0 radical (unpaired) electrons. The first-order chi connectivity index (χ1) is 8.20. The van der Waals surface area contributed by atoms with Crippen molar-refractivity contribution in [3.05, 3.63) is 30.1 Å². The summed E-state index contributed by atoms with van der Waals surface area (Å²) in [4.78, 5) is 11.7. The minimum atomic E-state index is -1.21. The molecule has 0 fully saturated rings. The van der Waals surface area contributed by atoms with Crippen molar-refractivity contribution in [3.63, 3.8) is 0 Å². The molecule has 0 amide bonds. The molecule has 0 aliphatic heterocycles. The maximum atomic E-state index is 10.6. The van der Waals surface area contributed by atoms with E-state index in [2.05, 4.69) is 15.4 Å². The van der Waals surface area contributed by atoms with Gasteiger partial charge in [0.25, 0.3) is 5.82 Å². The molecule has 1 heterocycles. The number of hydrogen-bond donors (Lipinski definition) is 1. The van der Waals surface area contributed by atoms with Gasteiger partial charge in [-0.3, -0.25) is 0 Å². The van der Waals surface area contributed by atoms with E-state index in [9.17, 15) is 4.79 Å². The highest BCUT2D eigenvalue weighted by Crippen LogP contribution is 2.13. The van der Waals surface area contributed by atoms with Gasteiger partial charge >= 0.3 is 5.97 Å². The van der Waals surface area contributed by atoms with Gasteiger partial charge in [-0.05, 0) is 36.4 Å². The Balaban J connectivity index is 2.23. The van der Waals surface area contributed by atoms with Gasteiger partial charge in [-0.1, -0.05) is 0 Å². The average Bonchev–Trinajstić information content (AvgIpc) is 2.80. The molecular formula is C10H10N4O3. The van der Waals surface area contributed by atoms with Crippen molar-refractivity contribution in [1.29, 1.82) is 0 Å². The lowest BCUT2D eigenvalue weighted by molar-refractivity contribution is 0.0683. The van der Waals surface area contributed by atoms with Crippen molar-refractivity contribution in [2.45, 2.75) is 6.92 Å². The molecule has 7 heteroatoms. The Morgan fingerprint density at radius 1 is 1.41 bits per heavy atom. The van der Waals surface area contributed by atoms with E-state index in [1.807, 2.05) is 6.92 Å². The largest absolute Gasteiger partial charge is 0.494 e. The average molecular weight is 234 g/mol. The van der Waals surface area contributed by atoms with E-state index in [4.69, 9.17) is 9.84 Å². The summed E-state index contributed by atoms with van der Waals surface area (Å²) < 4.78 is 5.28. The summed E-state index contributed by atoms with van der Waals surface area (Å²) in [6.07, 6.45) is 0. The lowest BCUT2D eigenvalue weighted by Crippen LogP contribution is -2.02. The molecule has 7 nitrogen and oxygen atoms in total. The first-order valence-electron chi connectivity index (χ1n) is 4.97. The Morgan fingerprint density at radius 2 is 2.12 bits per heavy atom. The molecule has 0 spiro atoms. The van der Waals surface area contributed by atoms with E-state index in [0.717, 1.165) is 10.5 Å². The fraction of sp³-hybridized carbons (Fsp3) is 0.200. The molecule has 0 aliphatic carbocycles. The number of aromatic carboxylic acids is 1. The van der Waals surface area contributed by atoms with Crippen LogP contribution >= 0.6 is 0 Å². The number of hydrogen-bond acceptors (Lipinski definition) is 5. The second-order valence-electron chi connectivity index (χ2n) is 3.13. The molecule has 0 unspecified atom stereocenters. The van der Waals surface area contributed by atoms with Crippen molar-refractivity contribution in [2.24, 2.45) is 0 Å². The molecule has 2 aromatic rings. The molecule has 1 aromatic carbocycles. The van der Waals surface area contributed by atoms with Gasteiger partial charge in [0.15, 0.2) is 0 Å². The van der Waals surface area contributed by atoms with Crippen molar-refractivity contribution in [3.8, 4) is 11.4 Å². The molecule has 1 N–H and O–H groups in total. The fourth-order valence-corrected chi connectivity index (χ4v) is 1.25. The van der Waals surface area contributed by atoms with Crippen LogP contribution in [0, 0.1) is 0 Å². The highest BCUT2D eigenvalue weighted by molar-refractivity contribution is 5.82. The quantitative estimate of drug-likeness (QED) is 0.839. The van der Waals surface area contributed by atoms with Gasteiger partial charge in [0.2, 0.25) is 0 Å². The highest BCUT2D eigenvalue weighted by Gasteiger charge is 2.11. The van der Waals surface area contributed by atoms with Crippen LogP contribution < -0.4 is 4.74 Å². The van der Waals surface area contributed by atoms with Crippen LogP contribution in [-0.2, 0) is 0 Å². The maximum absolute atomic E-state index is 10.6. The number of aromatic nitrogens is 4. The Hall–Kier alpha value is -2.44. The third kappa shape index (κ3) is 2.39. The SMILES string of the molecule is CCOc1ccc(-n2nnc(C(=O)O)n2)cc1. The molecule has 0 bridgehead atoms. The van der Waals surface area contributed by atoms with Gasteiger partial charge < -0.3 is 9.84 Å². The predicted molar refractivity (Wildman–Crippen MR) is 57.3 cm³/mol. The molecule has 0 atom stereocenters. The Labute approximate surface area is 96.6 Å². The minimum Gasteiger partial charge on any atom is -0.494 e. The summed E-state index contributed by atoms with van der Waals surface area (Å²) in [5.41, 5.74) is 0.619. The van der Waals surface area contributed by atoms with Gasteiger partial charge in [-0.2, -0.15) is 0 Å². The fourth-order valence-electron chi connectivity index (χ4n) is 1.25. The molecule has 1 aromatic heterocycles. The zero-order valence-corrected chi connectivity index (χ0v) is 9.07. The summed E-state index contributed by atoms with van der Waals surface area (Å²) in [5.74, 6) is -0.809. The third-order valence-corrected chi connectivity index (χ3v) is 1.98.